The predicted molar refractivity (Wildman–Crippen MR) is 74.6 cm³/mol. The van der Waals surface area contributed by atoms with Gasteiger partial charge in [-0.05, 0) is 44.0 Å². The standard InChI is InChI=1S/C15H25NO/c1-11-7-12(2)9-14(8-11)16(6)10-15(4,5)13(3)17/h7-9,13,17H,10H2,1-6H3. The van der Waals surface area contributed by atoms with E-state index in [0.29, 0.717) is 0 Å². The van der Waals surface area contributed by atoms with Gasteiger partial charge >= 0.3 is 0 Å². The number of hydrogen-bond acceptors (Lipinski definition) is 2. The van der Waals surface area contributed by atoms with E-state index in [1.54, 1.807) is 0 Å². The van der Waals surface area contributed by atoms with Gasteiger partial charge in [0, 0.05) is 24.7 Å². The topological polar surface area (TPSA) is 23.5 Å². The van der Waals surface area contributed by atoms with Gasteiger partial charge < -0.3 is 10.0 Å². The number of aliphatic hydroxyl groups is 1. The molecular weight excluding hydrogens is 210 g/mol. The molecule has 0 amide bonds. The van der Waals surface area contributed by atoms with Crippen LogP contribution in [0, 0.1) is 19.3 Å². The van der Waals surface area contributed by atoms with Gasteiger partial charge in [-0.1, -0.05) is 19.9 Å². The largest absolute Gasteiger partial charge is 0.393 e. The summed E-state index contributed by atoms with van der Waals surface area (Å²) >= 11 is 0. The second-order valence-corrected chi connectivity index (χ2v) is 5.87. The number of anilines is 1. The van der Waals surface area contributed by atoms with Crippen LogP contribution in [-0.2, 0) is 0 Å². The van der Waals surface area contributed by atoms with Crippen LogP contribution in [0.25, 0.3) is 0 Å². The lowest BCUT2D eigenvalue weighted by Crippen LogP contribution is -2.38. The van der Waals surface area contributed by atoms with E-state index < -0.39 is 0 Å². The molecule has 1 N–H and O–H groups in total. The van der Waals surface area contributed by atoms with E-state index in [-0.39, 0.29) is 11.5 Å². The zero-order chi connectivity index (χ0) is 13.2. The van der Waals surface area contributed by atoms with E-state index >= 15 is 0 Å². The van der Waals surface area contributed by atoms with E-state index in [4.69, 9.17) is 0 Å². The van der Waals surface area contributed by atoms with Crippen LogP contribution in [0.3, 0.4) is 0 Å². The summed E-state index contributed by atoms with van der Waals surface area (Å²) in [4.78, 5) is 2.22. The first-order valence-electron chi connectivity index (χ1n) is 6.20. The number of benzene rings is 1. The van der Waals surface area contributed by atoms with Crippen molar-refractivity contribution in [1.82, 2.24) is 0 Å². The first kappa shape index (κ1) is 14.0. The van der Waals surface area contributed by atoms with Crippen LogP contribution in [0.15, 0.2) is 18.2 Å². The van der Waals surface area contributed by atoms with Crippen molar-refractivity contribution in [3.63, 3.8) is 0 Å². The third-order valence-corrected chi connectivity index (χ3v) is 3.42. The van der Waals surface area contributed by atoms with Gasteiger partial charge in [-0.25, -0.2) is 0 Å². The molecule has 1 rings (SSSR count). The summed E-state index contributed by atoms with van der Waals surface area (Å²) in [6.45, 7) is 11.1. The number of nitrogens with zero attached hydrogens (tertiary/aromatic N) is 1. The molecule has 17 heavy (non-hydrogen) atoms. The Morgan fingerprint density at radius 3 is 2.06 bits per heavy atom. The molecule has 0 spiro atoms. The molecule has 1 unspecified atom stereocenters. The molecule has 0 fully saturated rings. The van der Waals surface area contributed by atoms with E-state index in [1.807, 2.05) is 6.92 Å². The van der Waals surface area contributed by atoms with Crippen LogP contribution in [0.4, 0.5) is 5.69 Å². The summed E-state index contributed by atoms with van der Waals surface area (Å²) in [5.41, 5.74) is 3.67. The predicted octanol–water partition coefficient (Wildman–Crippen LogP) is 3.15. The molecule has 2 heteroatoms. The van der Waals surface area contributed by atoms with Crippen molar-refractivity contribution < 1.29 is 5.11 Å². The van der Waals surface area contributed by atoms with Crippen molar-refractivity contribution in [3.8, 4) is 0 Å². The third kappa shape index (κ3) is 3.74. The van der Waals surface area contributed by atoms with Crippen molar-refractivity contribution in [2.45, 2.75) is 40.7 Å². The van der Waals surface area contributed by atoms with Crippen molar-refractivity contribution in [2.75, 3.05) is 18.5 Å². The van der Waals surface area contributed by atoms with Gasteiger partial charge in [0.1, 0.15) is 0 Å². The van der Waals surface area contributed by atoms with Crippen LogP contribution in [0.1, 0.15) is 31.9 Å². The first-order chi connectivity index (χ1) is 7.72. The molecule has 0 bridgehead atoms. The quantitative estimate of drug-likeness (QED) is 0.866. The average Bonchev–Trinajstić information content (AvgIpc) is 2.15. The number of aliphatic hydroxyl groups excluding tert-OH is 1. The van der Waals surface area contributed by atoms with E-state index in [2.05, 4.69) is 57.8 Å². The highest BCUT2D eigenvalue weighted by molar-refractivity contribution is 5.50. The van der Waals surface area contributed by atoms with Crippen molar-refractivity contribution in [1.29, 1.82) is 0 Å². The SMILES string of the molecule is Cc1cc(C)cc(N(C)CC(C)(C)C(C)O)c1. The van der Waals surface area contributed by atoms with Gasteiger partial charge in [0.15, 0.2) is 0 Å². The van der Waals surface area contributed by atoms with Gasteiger partial charge in [0.05, 0.1) is 6.10 Å². The molecule has 0 aliphatic rings. The number of rotatable bonds is 4. The second kappa shape index (κ2) is 5.09. The van der Waals surface area contributed by atoms with Crippen LogP contribution >= 0.6 is 0 Å². The molecule has 0 heterocycles. The molecule has 96 valence electrons. The average molecular weight is 235 g/mol. The lowest BCUT2D eigenvalue weighted by molar-refractivity contribution is 0.0718. The maximum absolute atomic E-state index is 9.76. The van der Waals surface area contributed by atoms with Crippen molar-refractivity contribution >= 4 is 5.69 Å². The monoisotopic (exact) mass is 235 g/mol. The summed E-state index contributed by atoms with van der Waals surface area (Å²) in [6.07, 6.45) is -0.309. The minimum absolute atomic E-state index is 0.105. The summed E-state index contributed by atoms with van der Waals surface area (Å²) in [7, 11) is 2.08. The molecule has 2 nitrogen and oxygen atoms in total. The molecule has 0 saturated carbocycles. The van der Waals surface area contributed by atoms with Gasteiger partial charge in [0.25, 0.3) is 0 Å². The number of hydrogen-bond donors (Lipinski definition) is 1. The summed E-state index contributed by atoms with van der Waals surface area (Å²) in [5, 5.41) is 9.76. The smallest absolute Gasteiger partial charge is 0.0579 e. The molecule has 0 aromatic heterocycles. The van der Waals surface area contributed by atoms with E-state index in [9.17, 15) is 5.11 Å². The minimum atomic E-state index is -0.309. The summed E-state index contributed by atoms with van der Waals surface area (Å²) in [5.74, 6) is 0. The molecule has 0 aliphatic carbocycles. The van der Waals surface area contributed by atoms with Crippen LogP contribution < -0.4 is 4.90 Å². The zero-order valence-electron chi connectivity index (χ0n) is 11.9. The third-order valence-electron chi connectivity index (χ3n) is 3.42. The molecule has 0 saturated heterocycles. The maximum atomic E-state index is 9.76. The molecule has 1 aromatic rings. The Labute approximate surface area is 105 Å². The Bertz CT molecular complexity index is 362. The first-order valence-corrected chi connectivity index (χ1v) is 6.20. The molecule has 0 radical (unpaired) electrons. The summed E-state index contributed by atoms with van der Waals surface area (Å²) in [6, 6.07) is 6.55. The Hall–Kier alpha value is -1.02. The van der Waals surface area contributed by atoms with Crippen LogP contribution in [0.5, 0.6) is 0 Å². The van der Waals surface area contributed by atoms with E-state index in [0.717, 1.165) is 6.54 Å². The van der Waals surface area contributed by atoms with Crippen molar-refractivity contribution in [3.05, 3.63) is 29.3 Å². The highest BCUT2D eigenvalue weighted by Crippen LogP contribution is 2.25. The minimum Gasteiger partial charge on any atom is -0.393 e. The van der Waals surface area contributed by atoms with Crippen molar-refractivity contribution in [2.24, 2.45) is 5.41 Å². The fourth-order valence-corrected chi connectivity index (χ4v) is 2.01. The highest BCUT2D eigenvalue weighted by atomic mass is 16.3. The summed E-state index contributed by atoms with van der Waals surface area (Å²) < 4.78 is 0. The fourth-order valence-electron chi connectivity index (χ4n) is 2.01. The van der Waals surface area contributed by atoms with Gasteiger partial charge in [0.2, 0.25) is 0 Å². The number of aryl methyl sites for hydroxylation is 2. The molecule has 1 aromatic carbocycles. The molecular formula is C15H25NO. The zero-order valence-corrected chi connectivity index (χ0v) is 11.9. The Morgan fingerprint density at radius 1 is 1.18 bits per heavy atom. The highest BCUT2D eigenvalue weighted by Gasteiger charge is 2.25. The lowest BCUT2D eigenvalue weighted by atomic mass is 9.87. The van der Waals surface area contributed by atoms with Gasteiger partial charge in [-0.15, -0.1) is 0 Å². The van der Waals surface area contributed by atoms with Gasteiger partial charge in [-0.3, -0.25) is 0 Å². The lowest BCUT2D eigenvalue weighted by Gasteiger charge is -2.34. The van der Waals surface area contributed by atoms with E-state index in [1.165, 1.54) is 16.8 Å². The maximum Gasteiger partial charge on any atom is 0.0579 e. The van der Waals surface area contributed by atoms with Crippen LogP contribution in [-0.4, -0.2) is 24.8 Å². The normalized spacial score (nSPS) is 13.6. The molecule has 0 aliphatic heterocycles. The van der Waals surface area contributed by atoms with Gasteiger partial charge in [-0.2, -0.15) is 0 Å². The second-order valence-electron chi connectivity index (χ2n) is 5.87. The molecule has 1 atom stereocenters. The Balaban J connectivity index is 2.86. The Morgan fingerprint density at radius 2 is 1.65 bits per heavy atom. The Kier molecular flexibility index (Phi) is 4.21. The fraction of sp³-hybridized carbons (Fsp3) is 0.600. The van der Waals surface area contributed by atoms with Crippen LogP contribution in [0.2, 0.25) is 0 Å².